The number of halogens is 1. The summed E-state index contributed by atoms with van der Waals surface area (Å²) in [6.07, 6.45) is 4.53. The molecule has 0 saturated heterocycles. The summed E-state index contributed by atoms with van der Waals surface area (Å²) in [5.74, 6) is -0.795. The molecule has 0 amide bonds. The van der Waals surface area contributed by atoms with Gasteiger partial charge in [-0.15, -0.1) is 11.3 Å². The Kier molecular flexibility index (Phi) is 8.57. The molecule has 2 heterocycles. The zero-order valence-corrected chi connectivity index (χ0v) is 21.7. The molecule has 2 atom stereocenters. The number of thiazole rings is 1. The molecule has 34 heavy (non-hydrogen) atoms. The van der Waals surface area contributed by atoms with Gasteiger partial charge in [-0.3, -0.25) is 4.72 Å². The fourth-order valence-corrected chi connectivity index (χ4v) is 6.13. The lowest BCUT2D eigenvalue weighted by atomic mass is 9.78. The van der Waals surface area contributed by atoms with E-state index in [0.29, 0.717) is 29.3 Å². The largest absolute Gasteiger partial charge is 0.384 e. The van der Waals surface area contributed by atoms with Crippen LogP contribution in [0.3, 0.4) is 0 Å². The second-order valence-electron chi connectivity index (χ2n) is 8.92. The molecular formula is C21H30FN7O2S3. The van der Waals surface area contributed by atoms with Crippen LogP contribution in [-0.4, -0.2) is 41.9 Å². The number of sulfonamides is 1. The minimum Gasteiger partial charge on any atom is -0.384 e. The van der Waals surface area contributed by atoms with Crippen LogP contribution in [0.4, 0.5) is 15.2 Å². The molecule has 0 aliphatic heterocycles. The Labute approximate surface area is 207 Å². The van der Waals surface area contributed by atoms with Crippen LogP contribution in [0.25, 0.3) is 10.6 Å². The summed E-state index contributed by atoms with van der Waals surface area (Å²) in [5, 5.41) is 5.69. The predicted molar refractivity (Wildman–Crippen MR) is 136 cm³/mol. The predicted octanol–water partition coefficient (Wildman–Crippen LogP) is 3.74. The van der Waals surface area contributed by atoms with Crippen molar-refractivity contribution in [3.8, 4) is 10.6 Å². The lowest BCUT2D eigenvalue weighted by molar-refractivity contribution is 0.239. The maximum Gasteiger partial charge on any atom is 0.266 e. The first-order valence-electron chi connectivity index (χ1n) is 10.7. The molecule has 186 valence electrons. The van der Waals surface area contributed by atoms with Crippen LogP contribution < -0.4 is 21.5 Å². The number of aromatic nitrogens is 3. The van der Waals surface area contributed by atoms with E-state index in [1.807, 2.05) is 6.92 Å². The van der Waals surface area contributed by atoms with Crippen molar-refractivity contribution in [1.82, 2.24) is 14.3 Å². The third-order valence-electron chi connectivity index (χ3n) is 5.54. The summed E-state index contributed by atoms with van der Waals surface area (Å²) in [4.78, 5) is 7.62. The maximum absolute atomic E-state index is 15.1. The average Bonchev–Trinajstić information content (AvgIpc) is 3.44. The fourth-order valence-electron chi connectivity index (χ4n) is 3.71. The molecule has 0 radical (unpaired) electrons. The lowest BCUT2D eigenvalue weighted by Gasteiger charge is -2.32. The van der Waals surface area contributed by atoms with Crippen molar-refractivity contribution in [3.63, 3.8) is 0 Å². The van der Waals surface area contributed by atoms with Gasteiger partial charge >= 0.3 is 0 Å². The van der Waals surface area contributed by atoms with E-state index in [1.54, 1.807) is 11.6 Å². The Hall–Kier alpha value is -2.19. The van der Waals surface area contributed by atoms with Gasteiger partial charge in [0.25, 0.3) is 10.0 Å². The molecule has 0 saturated carbocycles. The summed E-state index contributed by atoms with van der Waals surface area (Å²) in [6.45, 7) is 7.33. The highest BCUT2D eigenvalue weighted by Gasteiger charge is 2.27. The smallest absolute Gasteiger partial charge is 0.266 e. The van der Waals surface area contributed by atoms with Crippen LogP contribution in [0.15, 0.2) is 34.9 Å². The van der Waals surface area contributed by atoms with Crippen molar-refractivity contribution in [2.24, 2.45) is 22.8 Å². The summed E-state index contributed by atoms with van der Waals surface area (Å²) in [6, 6.07) is 2.38. The van der Waals surface area contributed by atoms with Gasteiger partial charge in [0, 0.05) is 46.9 Å². The summed E-state index contributed by atoms with van der Waals surface area (Å²) in [7, 11) is -4.22. The minimum absolute atomic E-state index is 0.00635. The van der Waals surface area contributed by atoms with Crippen molar-refractivity contribution in [2.75, 3.05) is 23.1 Å². The Morgan fingerprint density at radius 2 is 2.03 bits per heavy atom. The molecule has 1 aromatic carbocycles. The minimum atomic E-state index is -4.22. The van der Waals surface area contributed by atoms with E-state index in [9.17, 15) is 8.42 Å². The van der Waals surface area contributed by atoms with E-state index in [2.05, 4.69) is 38.2 Å². The van der Waals surface area contributed by atoms with Crippen LogP contribution >= 0.6 is 22.9 Å². The van der Waals surface area contributed by atoms with Crippen LogP contribution in [-0.2, 0) is 10.0 Å². The molecule has 3 aromatic rings. The number of nitrogens with two attached hydrogens (primary N) is 2. The standard InChI is InChI=1S/C21H30FN7O2S3/c1-13(24)14(10-21(2,3)4-5-23)11-26-17-9-16(22)18(8-15(17)19-25-6-7-32-19)34(30,31)29-20-27-12-28-33-20/h6-9,12-14,26H,4-5,10-11,23-24H2,1-3H3,(H,27,28,29)/t13-,14+/m1/s1. The van der Waals surface area contributed by atoms with Crippen molar-refractivity contribution in [3.05, 3.63) is 35.9 Å². The highest BCUT2D eigenvalue weighted by molar-refractivity contribution is 7.93. The van der Waals surface area contributed by atoms with Crippen molar-refractivity contribution in [1.29, 1.82) is 0 Å². The molecule has 0 fully saturated rings. The van der Waals surface area contributed by atoms with Crippen LogP contribution in [0, 0.1) is 17.2 Å². The third kappa shape index (κ3) is 6.69. The van der Waals surface area contributed by atoms with Crippen molar-refractivity contribution in [2.45, 2.75) is 44.6 Å². The Morgan fingerprint density at radius 3 is 2.62 bits per heavy atom. The number of hydrogen-bond acceptors (Lipinski definition) is 10. The topological polar surface area (TPSA) is 149 Å². The molecule has 2 aromatic heterocycles. The SMILES string of the molecule is C[C@@H](N)[C@H](CNc1cc(F)c(S(=O)(=O)Nc2ncns2)cc1-c1nccs1)CC(C)(C)CCN. The zero-order valence-electron chi connectivity index (χ0n) is 19.3. The third-order valence-corrected chi connectivity index (χ3v) is 8.41. The van der Waals surface area contributed by atoms with E-state index in [-0.39, 0.29) is 22.5 Å². The van der Waals surface area contributed by atoms with Gasteiger partial charge in [-0.1, -0.05) is 13.8 Å². The number of nitrogens with zero attached hydrogens (tertiary/aromatic N) is 3. The number of rotatable bonds is 12. The second-order valence-corrected chi connectivity index (χ2v) is 12.2. The summed E-state index contributed by atoms with van der Waals surface area (Å²) < 4.78 is 46.8. The molecule has 0 aliphatic carbocycles. The quantitative estimate of drug-likeness (QED) is 0.278. The zero-order chi connectivity index (χ0) is 24.9. The Bertz CT molecular complexity index is 1170. The highest BCUT2D eigenvalue weighted by atomic mass is 32.2. The molecule has 0 spiro atoms. The van der Waals surface area contributed by atoms with Crippen LogP contribution in [0.1, 0.15) is 33.6 Å². The van der Waals surface area contributed by atoms with E-state index < -0.39 is 20.7 Å². The first-order valence-corrected chi connectivity index (χ1v) is 13.9. The molecule has 6 N–H and O–H groups in total. The van der Waals surface area contributed by atoms with Crippen LogP contribution in [0.2, 0.25) is 0 Å². The van der Waals surface area contributed by atoms with Gasteiger partial charge in [-0.2, -0.15) is 4.37 Å². The summed E-state index contributed by atoms with van der Waals surface area (Å²) >= 11 is 2.19. The van der Waals surface area contributed by atoms with E-state index in [1.165, 1.54) is 29.8 Å². The van der Waals surface area contributed by atoms with Gasteiger partial charge in [0.2, 0.25) is 5.13 Å². The monoisotopic (exact) mass is 527 g/mol. The van der Waals surface area contributed by atoms with Gasteiger partial charge in [0.05, 0.1) is 0 Å². The van der Waals surface area contributed by atoms with Gasteiger partial charge < -0.3 is 16.8 Å². The summed E-state index contributed by atoms with van der Waals surface area (Å²) in [5.41, 5.74) is 13.0. The molecule has 13 heteroatoms. The van der Waals surface area contributed by atoms with Gasteiger partial charge in [-0.25, -0.2) is 22.8 Å². The number of anilines is 2. The van der Waals surface area contributed by atoms with E-state index in [4.69, 9.17) is 11.5 Å². The fraction of sp³-hybridized carbons (Fsp3) is 0.476. The second kappa shape index (κ2) is 11.0. The first kappa shape index (κ1) is 26.4. The van der Waals surface area contributed by atoms with E-state index >= 15 is 4.39 Å². The normalized spacial score (nSPS) is 14.1. The molecular weight excluding hydrogens is 497 g/mol. The molecule has 0 aliphatic rings. The van der Waals surface area contributed by atoms with Crippen LogP contribution in [0.5, 0.6) is 0 Å². The molecule has 9 nitrogen and oxygen atoms in total. The average molecular weight is 528 g/mol. The van der Waals surface area contributed by atoms with Crippen molar-refractivity contribution < 1.29 is 12.8 Å². The highest BCUT2D eigenvalue weighted by Crippen LogP contribution is 2.35. The maximum atomic E-state index is 15.1. The Balaban J connectivity index is 1.92. The van der Waals surface area contributed by atoms with Gasteiger partial charge in [0.1, 0.15) is 22.0 Å². The van der Waals surface area contributed by atoms with E-state index in [0.717, 1.165) is 24.4 Å². The number of benzene rings is 1. The first-order chi connectivity index (χ1) is 16.0. The molecule has 3 rings (SSSR count). The van der Waals surface area contributed by atoms with Gasteiger partial charge in [-0.05, 0) is 49.8 Å². The van der Waals surface area contributed by atoms with Gasteiger partial charge in [0.15, 0.2) is 0 Å². The molecule has 0 bridgehead atoms. The van der Waals surface area contributed by atoms with Crippen molar-refractivity contribution >= 4 is 43.7 Å². The molecule has 0 unspecified atom stereocenters. The Morgan fingerprint density at radius 1 is 1.26 bits per heavy atom. The lowest BCUT2D eigenvalue weighted by Crippen LogP contribution is -2.36. The number of hydrogen-bond donors (Lipinski definition) is 4. The number of nitrogens with one attached hydrogen (secondary N) is 2.